The van der Waals surface area contributed by atoms with Gasteiger partial charge in [-0.15, -0.1) is 21.5 Å². The van der Waals surface area contributed by atoms with Crippen molar-refractivity contribution >= 4 is 34.7 Å². The number of hydrogen-bond acceptors (Lipinski definition) is 6. The Labute approximate surface area is 202 Å². The Bertz CT molecular complexity index is 1190. The first-order chi connectivity index (χ1) is 15.5. The summed E-state index contributed by atoms with van der Waals surface area (Å²) in [5, 5.41) is 12.8. The second-order valence-electron chi connectivity index (χ2n) is 7.55. The van der Waals surface area contributed by atoms with E-state index in [0.717, 1.165) is 45.3 Å². The molecule has 0 spiro atoms. The quantitative estimate of drug-likeness (QED) is 0.264. The van der Waals surface area contributed by atoms with E-state index in [9.17, 15) is 0 Å². The van der Waals surface area contributed by atoms with Gasteiger partial charge in [0.05, 0.1) is 19.3 Å². The van der Waals surface area contributed by atoms with E-state index in [-0.39, 0.29) is 0 Å². The van der Waals surface area contributed by atoms with Crippen molar-refractivity contribution < 1.29 is 4.74 Å². The number of benzene rings is 2. The van der Waals surface area contributed by atoms with Gasteiger partial charge in [-0.2, -0.15) is 0 Å². The molecular formula is C24H25ClN4OS2. The van der Waals surface area contributed by atoms with E-state index in [4.69, 9.17) is 16.3 Å². The monoisotopic (exact) mass is 484 g/mol. The highest BCUT2D eigenvalue weighted by Gasteiger charge is 2.17. The molecule has 0 unspecified atom stereocenters. The van der Waals surface area contributed by atoms with E-state index in [1.54, 1.807) is 30.2 Å². The predicted octanol–water partition coefficient (Wildman–Crippen LogP) is 6.22. The number of ether oxygens (including phenoxy) is 1. The van der Waals surface area contributed by atoms with E-state index in [0.29, 0.717) is 6.54 Å². The molecule has 0 amide bonds. The van der Waals surface area contributed by atoms with Crippen molar-refractivity contribution in [3.63, 3.8) is 0 Å². The zero-order valence-corrected chi connectivity index (χ0v) is 20.7. The molecule has 0 bridgehead atoms. The zero-order chi connectivity index (χ0) is 22.5. The van der Waals surface area contributed by atoms with E-state index in [2.05, 4.69) is 57.2 Å². The van der Waals surface area contributed by atoms with Crippen LogP contribution in [-0.2, 0) is 18.8 Å². The molecule has 0 saturated carbocycles. The van der Waals surface area contributed by atoms with Gasteiger partial charge >= 0.3 is 0 Å². The van der Waals surface area contributed by atoms with Gasteiger partial charge in [0.2, 0.25) is 0 Å². The van der Waals surface area contributed by atoms with Gasteiger partial charge in [0.1, 0.15) is 5.75 Å². The van der Waals surface area contributed by atoms with Crippen molar-refractivity contribution in [3.8, 4) is 11.4 Å². The Morgan fingerprint density at radius 2 is 1.94 bits per heavy atom. The SMILES string of the molecule is COc1cccc(-n2c(CN(C)Cc3sccc3C)nnc2SCc2cccc(Cl)c2)c1. The molecule has 0 radical (unpaired) electrons. The van der Waals surface area contributed by atoms with Gasteiger partial charge in [-0.25, -0.2) is 0 Å². The third kappa shape index (κ3) is 5.53. The third-order valence-electron chi connectivity index (χ3n) is 5.06. The topological polar surface area (TPSA) is 43.2 Å². The average molecular weight is 485 g/mol. The summed E-state index contributed by atoms with van der Waals surface area (Å²) in [6, 6.07) is 18.1. The highest BCUT2D eigenvalue weighted by molar-refractivity contribution is 7.98. The lowest BCUT2D eigenvalue weighted by molar-refractivity contribution is 0.310. The van der Waals surface area contributed by atoms with Crippen LogP contribution in [0.15, 0.2) is 65.1 Å². The van der Waals surface area contributed by atoms with Gasteiger partial charge in [0.15, 0.2) is 11.0 Å². The molecule has 0 fully saturated rings. The van der Waals surface area contributed by atoms with Crippen LogP contribution in [0.25, 0.3) is 5.69 Å². The van der Waals surface area contributed by atoms with Crippen LogP contribution < -0.4 is 4.74 Å². The molecule has 0 aliphatic heterocycles. The van der Waals surface area contributed by atoms with Crippen LogP contribution in [0, 0.1) is 6.92 Å². The van der Waals surface area contributed by atoms with Crippen molar-refractivity contribution in [3.05, 3.63) is 86.8 Å². The number of aromatic nitrogens is 3. The summed E-state index contributed by atoms with van der Waals surface area (Å²) < 4.78 is 7.58. The first kappa shape index (κ1) is 22.9. The van der Waals surface area contributed by atoms with Crippen molar-refractivity contribution in [2.24, 2.45) is 0 Å². The Kier molecular flexibility index (Phi) is 7.52. The summed E-state index contributed by atoms with van der Waals surface area (Å²) in [5.41, 5.74) is 3.46. The lowest BCUT2D eigenvalue weighted by atomic mass is 10.2. The highest BCUT2D eigenvalue weighted by Crippen LogP contribution is 2.28. The Morgan fingerprint density at radius 3 is 2.69 bits per heavy atom. The molecule has 2 aromatic heterocycles. The molecule has 0 atom stereocenters. The van der Waals surface area contributed by atoms with Gasteiger partial charge in [0, 0.05) is 28.3 Å². The highest BCUT2D eigenvalue weighted by atomic mass is 35.5. The summed E-state index contributed by atoms with van der Waals surface area (Å²) in [6.07, 6.45) is 0. The minimum Gasteiger partial charge on any atom is -0.497 e. The fraction of sp³-hybridized carbons (Fsp3) is 0.250. The lowest BCUT2D eigenvalue weighted by Crippen LogP contribution is -2.20. The first-order valence-corrected chi connectivity index (χ1v) is 12.5. The van der Waals surface area contributed by atoms with Crippen LogP contribution >= 0.6 is 34.7 Å². The summed E-state index contributed by atoms with van der Waals surface area (Å²) >= 11 is 9.59. The molecule has 5 nitrogen and oxygen atoms in total. The third-order valence-corrected chi connectivity index (χ3v) is 7.30. The smallest absolute Gasteiger partial charge is 0.196 e. The molecule has 0 N–H and O–H groups in total. The van der Waals surface area contributed by atoms with Gasteiger partial charge in [0.25, 0.3) is 0 Å². The fourth-order valence-corrected chi connectivity index (χ4v) is 5.50. The first-order valence-electron chi connectivity index (χ1n) is 10.2. The minimum absolute atomic E-state index is 0.680. The number of nitrogens with zero attached hydrogens (tertiary/aromatic N) is 4. The van der Waals surface area contributed by atoms with Crippen molar-refractivity contribution in [1.82, 2.24) is 19.7 Å². The average Bonchev–Trinajstić information content (AvgIpc) is 3.38. The Balaban J connectivity index is 1.61. The van der Waals surface area contributed by atoms with E-state index in [1.807, 2.05) is 36.4 Å². The molecule has 32 heavy (non-hydrogen) atoms. The van der Waals surface area contributed by atoms with Crippen LogP contribution in [0.2, 0.25) is 5.02 Å². The second-order valence-corrected chi connectivity index (χ2v) is 9.93. The Hall–Kier alpha value is -2.32. The molecule has 2 aromatic carbocycles. The Morgan fingerprint density at radius 1 is 1.09 bits per heavy atom. The molecule has 2 heterocycles. The fourth-order valence-electron chi connectivity index (χ4n) is 3.39. The zero-order valence-electron chi connectivity index (χ0n) is 18.3. The van der Waals surface area contributed by atoms with Crippen molar-refractivity contribution in [1.29, 1.82) is 0 Å². The van der Waals surface area contributed by atoms with E-state index in [1.165, 1.54) is 10.4 Å². The maximum Gasteiger partial charge on any atom is 0.196 e. The summed E-state index contributed by atoms with van der Waals surface area (Å²) in [4.78, 5) is 3.64. The van der Waals surface area contributed by atoms with Crippen LogP contribution in [0.3, 0.4) is 0 Å². The van der Waals surface area contributed by atoms with E-state index >= 15 is 0 Å². The standard InChI is InChI=1S/C24H25ClN4OS2/c1-17-10-11-31-22(17)14-28(2)15-23-26-27-24(32-16-18-6-4-7-19(25)12-18)29(23)20-8-5-9-21(13-20)30-3/h4-13H,14-16H2,1-3H3. The van der Waals surface area contributed by atoms with E-state index < -0.39 is 0 Å². The van der Waals surface area contributed by atoms with Crippen LogP contribution in [0.4, 0.5) is 0 Å². The summed E-state index contributed by atoms with van der Waals surface area (Å²) in [7, 11) is 3.79. The molecule has 166 valence electrons. The summed E-state index contributed by atoms with van der Waals surface area (Å²) in [5.74, 6) is 2.45. The normalized spacial score (nSPS) is 11.3. The number of hydrogen-bond donors (Lipinski definition) is 0. The lowest BCUT2D eigenvalue weighted by Gasteiger charge is -2.17. The molecule has 4 aromatic rings. The van der Waals surface area contributed by atoms with Crippen molar-refractivity contribution in [2.75, 3.05) is 14.2 Å². The van der Waals surface area contributed by atoms with Crippen LogP contribution in [0.5, 0.6) is 5.75 Å². The predicted molar refractivity (Wildman–Crippen MR) is 133 cm³/mol. The molecule has 8 heteroatoms. The maximum atomic E-state index is 6.16. The number of thiophene rings is 1. The molecular weight excluding hydrogens is 460 g/mol. The number of aryl methyl sites for hydroxylation is 1. The molecule has 0 saturated heterocycles. The number of thioether (sulfide) groups is 1. The molecule has 0 aliphatic rings. The van der Waals surface area contributed by atoms with Crippen molar-refractivity contribution in [2.45, 2.75) is 30.9 Å². The number of rotatable bonds is 9. The number of halogens is 1. The van der Waals surface area contributed by atoms with Crippen LogP contribution in [-0.4, -0.2) is 33.8 Å². The van der Waals surface area contributed by atoms with Crippen LogP contribution in [0.1, 0.15) is 21.8 Å². The van der Waals surface area contributed by atoms with Gasteiger partial charge in [-0.05, 0) is 60.8 Å². The minimum atomic E-state index is 0.680. The maximum absolute atomic E-state index is 6.16. The van der Waals surface area contributed by atoms with Gasteiger partial charge in [-0.1, -0.05) is 41.6 Å². The van der Waals surface area contributed by atoms with Gasteiger partial charge in [-0.3, -0.25) is 9.47 Å². The van der Waals surface area contributed by atoms with Gasteiger partial charge < -0.3 is 4.74 Å². The molecule has 0 aliphatic carbocycles. The second kappa shape index (κ2) is 10.5. The molecule has 4 rings (SSSR count). The number of methoxy groups -OCH3 is 1. The largest absolute Gasteiger partial charge is 0.497 e. The summed E-state index contributed by atoms with van der Waals surface area (Å²) in [6.45, 7) is 3.71.